The van der Waals surface area contributed by atoms with Crippen molar-refractivity contribution in [1.82, 2.24) is 4.98 Å². The molecule has 0 aliphatic rings. The normalized spacial score (nSPS) is 10.0. The van der Waals surface area contributed by atoms with Gasteiger partial charge in [0.2, 0.25) is 0 Å². The predicted molar refractivity (Wildman–Crippen MR) is 46.7 cm³/mol. The molecule has 0 unspecified atom stereocenters. The first-order valence-electron chi connectivity index (χ1n) is 3.24. The molecular formula is C7H10N2OS. The van der Waals surface area contributed by atoms with Crippen LogP contribution < -0.4 is 11.3 Å². The number of nitrogens with two attached hydrogens (primary N) is 1. The Kier molecular flexibility index (Phi) is 2.73. The summed E-state index contributed by atoms with van der Waals surface area (Å²) in [5.41, 5.74) is 5.86. The summed E-state index contributed by atoms with van der Waals surface area (Å²) in [4.78, 5) is 13.8. The van der Waals surface area contributed by atoms with E-state index in [0.717, 1.165) is 5.03 Å². The maximum Gasteiger partial charge on any atom is 0.253 e. The SMILES string of the molecule is CSc1ccc(CN)c(=O)[nH]1. The topological polar surface area (TPSA) is 58.9 Å². The van der Waals surface area contributed by atoms with Gasteiger partial charge >= 0.3 is 0 Å². The van der Waals surface area contributed by atoms with Crippen LogP contribution in [-0.2, 0) is 6.54 Å². The maximum absolute atomic E-state index is 11.1. The Morgan fingerprint density at radius 2 is 2.36 bits per heavy atom. The highest BCUT2D eigenvalue weighted by atomic mass is 32.2. The average molecular weight is 170 g/mol. The van der Waals surface area contributed by atoms with E-state index in [-0.39, 0.29) is 5.56 Å². The summed E-state index contributed by atoms with van der Waals surface area (Å²) in [6.07, 6.45) is 1.91. The van der Waals surface area contributed by atoms with Crippen molar-refractivity contribution in [2.45, 2.75) is 11.6 Å². The van der Waals surface area contributed by atoms with Gasteiger partial charge < -0.3 is 10.7 Å². The Morgan fingerprint density at radius 3 is 2.82 bits per heavy atom. The van der Waals surface area contributed by atoms with E-state index in [1.165, 1.54) is 11.8 Å². The fourth-order valence-electron chi connectivity index (χ4n) is 0.766. The lowest BCUT2D eigenvalue weighted by molar-refractivity contribution is 0.973. The van der Waals surface area contributed by atoms with Crippen LogP contribution in [0.2, 0.25) is 0 Å². The van der Waals surface area contributed by atoms with Gasteiger partial charge in [0.25, 0.3) is 5.56 Å². The Balaban J connectivity index is 3.10. The molecule has 0 saturated carbocycles. The van der Waals surface area contributed by atoms with E-state index in [9.17, 15) is 4.79 Å². The van der Waals surface area contributed by atoms with Crippen molar-refractivity contribution in [3.8, 4) is 0 Å². The molecule has 60 valence electrons. The minimum absolute atomic E-state index is 0.0839. The third-order valence-corrected chi connectivity index (χ3v) is 2.08. The Bertz CT molecular complexity index is 295. The zero-order valence-corrected chi connectivity index (χ0v) is 7.07. The Morgan fingerprint density at radius 1 is 1.64 bits per heavy atom. The molecule has 0 aromatic carbocycles. The fourth-order valence-corrected chi connectivity index (χ4v) is 1.16. The molecule has 0 spiro atoms. The van der Waals surface area contributed by atoms with Crippen LogP contribution in [0.1, 0.15) is 5.56 Å². The summed E-state index contributed by atoms with van der Waals surface area (Å²) in [5, 5.41) is 0.868. The number of H-pyrrole nitrogens is 1. The van der Waals surface area contributed by atoms with Gasteiger partial charge in [-0.15, -0.1) is 11.8 Å². The van der Waals surface area contributed by atoms with Gasteiger partial charge in [0, 0.05) is 12.1 Å². The van der Waals surface area contributed by atoms with Crippen LogP contribution in [0.25, 0.3) is 0 Å². The second kappa shape index (κ2) is 3.59. The highest BCUT2D eigenvalue weighted by Gasteiger charge is 1.96. The molecule has 0 amide bonds. The molecule has 0 saturated heterocycles. The van der Waals surface area contributed by atoms with Crippen molar-refractivity contribution in [2.24, 2.45) is 5.73 Å². The minimum Gasteiger partial charge on any atom is -0.326 e. The second-order valence-corrected chi connectivity index (χ2v) is 2.93. The van der Waals surface area contributed by atoms with E-state index in [1.807, 2.05) is 12.3 Å². The lowest BCUT2D eigenvalue weighted by Gasteiger charge is -1.97. The molecule has 1 aromatic rings. The van der Waals surface area contributed by atoms with Crippen molar-refractivity contribution in [1.29, 1.82) is 0 Å². The summed E-state index contributed by atoms with van der Waals surface area (Å²) in [6, 6.07) is 3.61. The zero-order valence-electron chi connectivity index (χ0n) is 6.26. The van der Waals surface area contributed by atoms with Crippen molar-refractivity contribution in [3.05, 3.63) is 28.0 Å². The van der Waals surface area contributed by atoms with E-state index in [0.29, 0.717) is 12.1 Å². The molecule has 11 heavy (non-hydrogen) atoms. The lowest BCUT2D eigenvalue weighted by atomic mass is 10.3. The van der Waals surface area contributed by atoms with Gasteiger partial charge in [0.1, 0.15) is 0 Å². The standard InChI is InChI=1S/C7H10N2OS/c1-11-6-3-2-5(4-8)7(10)9-6/h2-3H,4,8H2,1H3,(H,9,10). The number of aromatic amines is 1. The van der Waals surface area contributed by atoms with Crippen molar-refractivity contribution in [2.75, 3.05) is 6.26 Å². The molecule has 1 rings (SSSR count). The molecule has 3 nitrogen and oxygen atoms in total. The van der Waals surface area contributed by atoms with Crippen molar-refractivity contribution in [3.63, 3.8) is 0 Å². The van der Waals surface area contributed by atoms with E-state index >= 15 is 0 Å². The van der Waals surface area contributed by atoms with Crippen LogP contribution in [0.4, 0.5) is 0 Å². The van der Waals surface area contributed by atoms with E-state index in [2.05, 4.69) is 4.98 Å². The first kappa shape index (κ1) is 8.36. The summed E-state index contributed by atoms with van der Waals surface area (Å²) >= 11 is 1.51. The average Bonchev–Trinajstić information content (AvgIpc) is 2.04. The van der Waals surface area contributed by atoms with Gasteiger partial charge in [0.15, 0.2) is 0 Å². The van der Waals surface area contributed by atoms with Crippen molar-refractivity contribution >= 4 is 11.8 Å². The molecule has 1 heterocycles. The number of hydrogen-bond acceptors (Lipinski definition) is 3. The Labute approximate surface area is 69.0 Å². The van der Waals surface area contributed by atoms with Crippen LogP contribution in [-0.4, -0.2) is 11.2 Å². The molecule has 0 aliphatic heterocycles. The first-order chi connectivity index (χ1) is 5.27. The summed E-state index contributed by atoms with van der Waals surface area (Å²) in [5.74, 6) is 0. The molecule has 3 N–H and O–H groups in total. The van der Waals surface area contributed by atoms with Crippen LogP contribution in [0.3, 0.4) is 0 Å². The highest BCUT2D eigenvalue weighted by Crippen LogP contribution is 2.07. The third kappa shape index (κ3) is 1.85. The molecule has 0 aliphatic carbocycles. The number of aromatic nitrogens is 1. The molecule has 0 atom stereocenters. The predicted octanol–water partition coefficient (Wildman–Crippen LogP) is 0.556. The number of thioether (sulfide) groups is 1. The van der Waals surface area contributed by atoms with Gasteiger partial charge in [-0.3, -0.25) is 4.79 Å². The van der Waals surface area contributed by atoms with E-state index in [4.69, 9.17) is 5.73 Å². The number of rotatable bonds is 2. The molecule has 4 heteroatoms. The van der Waals surface area contributed by atoms with Gasteiger partial charge in [0.05, 0.1) is 5.03 Å². The first-order valence-corrected chi connectivity index (χ1v) is 4.46. The Hall–Kier alpha value is -0.740. The van der Waals surface area contributed by atoms with Crippen LogP contribution in [0.5, 0.6) is 0 Å². The number of pyridine rings is 1. The van der Waals surface area contributed by atoms with Crippen LogP contribution in [0, 0.1) is 0 Å². The molecule has 1 aromatic heterocycles. The van der Waals surface area contributed by atoms with Gasteiger partial charge in [-0.25, -0.2) is 0 Å². The van der Waals surface area contributed by atoms with Crippen LogP contribution >= 0.6 is 11.8 Å². The second-order valence-electron chi connectivity index (χ2n) is 2.09. The zero-order chi connectivity index (χ0) is 8.27. The summed E-state index contributed by atoms with van der Waals surface area (Å²) in [7, 11) is 0. The summed E-state index contributed by atoms with van der Waals surface area (Å²) in [6.45, 7) is 0.296. The van der Waals surface area contributed by atoms with Gasteiger partial charge in [-0.1, -0.05) is 0 Å². The minimum atomic E-state index is -0.0839. The van der Waals surface area contributed by atoms with Gasteiger partial charge in [-0.2, -0.15) is 0 Å². The van der Waals surface area contributed by atoms with Crippen molar-refractivity contribution < 1.29 is 0 Å². The largest absolute Gasteiger partial charge is 0.326 e. The van der Waals surface area contributed by atoms with Gasteiger partial charge in [-0.05, 0) is 18.4 Å². The number of nitrogens with one attached hydrogen (secondary N) is 1. The quantitative estimate of drug-likeness (QED) is 0.637. The third-order valence-electron chi connectivity index (χ3n) is 1.40. The van der Waals surface area contributed by atoms with E-state index in [1.54, 1.807) is 6.07 Å². The molecule has 0 radical (unpaired) electrons. The highest BCUT2D eigenvalue weighted by molar-refractivity contribution is 7.98. The molecular weight excluding hydrogens is 160 g/mol. The molecule has 0 fully saturated rings. The molecule has 0 bridgehead atoms. The lowest BCUT2D eigenvalue weighted by Crippen LogP contribution is -2.15. The summed E-state index contributed by atoms with van der Waals surface area (Å²) < 4.78 is 0. The maximum atomic E-state index is 11.1. The number of hydrogen-bond donors (Lipinski definition) is 2. The van der Waals surface area contributed by atoms with Crippen LogP contribution in [0.15, 0.2) is 22.0 Å². The smallest absolute Gasteiger partial charge is 0.253 e. The van der Waals surface area contributed by atoms with E-state index < -0.39 is 0 Å². The fraction of sp³-hybridized carbons (Fsp3) is 0.286. The monoisotopic (exact) mass is 170 g/mol.